The summed E-state index contributed by atoms with van der Waals surface area (Å²) in [6.07, 6.45) is 2.68. The van der Waals surface area contributed by atoms with Crippen molar-refractivity contribution in [3.63, 3.8) is 0 Å². The number of halogens is 1. The Balaban J connectivity index is 2.01. The van der Waals surface area contributed by atoms with E-state index in [1.54, 1.807) is 0 Å². The van der Waals surface area contributed by atoms with Gasteiger partial charge in [-0.15, -0.1) is 0 Å². The molecule has 1 unspecified atom stereocenters. The highest BCUT2D eigenvalue weighted by Gasteiger charge is 2.28. The Hall–Kier alpha value is -1.78. The van der Waals surface area contributed by atoms with Crippen LogP contribution in [0.4, 0.5) is 0 Å². The molecule has 2 N–H and O–H groups in total. The summed E-state index contributed by atoms with van der Waals surface area (Å²) in [4.78, 5) is 11.6. The number of hydrazine groups is 1. The summed E-state index contributed by atoms with van der Waals surface area (Å²) < 4.78 is 0. The summed E-state index contributed by atoms with van der Waals surface area (Å²) in [7, 11) is 1.96. The third-order valence-electron chi connectivity index (χ3n) is 3.68. The summed E-state index contributed by atoms with van der Waals surface area (Å²) in [6.45, 7) is 4.56. The van der Waals surface area contributed by atoms with E-state index >= 15 is 0 Å². The van der Waals surface area contributed by atoms with E-state index in [0.29, 0.717) is 17.0 Å². The standard InChI is InChI=1S/C15H16ClN3O/c1-9-5-14(18-15(9)20)13-6-11(16)3-4-12(13)10-7-17-19(2)8-10/h3-4,6,8,14,17H,1,5,7H2,2H3,(H,18,20). The fourth-order valence-electron chi connectivity index (χ4n) is 2.65. The van der Waals surface area contributed by atoms with Crippen LogP contribution in [0.15, 0.2) is 36.6 Å². The van der Waals surface area contributed by atoms with Crippen LogP contribution in [0.5, 0.6) is 0 Å². The van der Waals surface area contributed by atoms with Crippen molar-refractivity contribution in [1.82, 2.24) is 15.8 Å². The van der Waals surface area contributed by atoms with Crippen LogP contribution in [-0.2, 0) is 4.79 Å². The van der Waals surface area contributed by atoms with Gasteiger partial charge in [-0.25, -0.2) is 5.43 Å². The van der Waals surface area contributed by atoms with E-state index in [-0.39, 0.29) is 11.9 Å². The van der Waals surface area contributed by atoms with Crippen LogP contribution in [0.25, 0.3) is 5.57 Å². The number of rotatable bonds is 2. The lowest BCUT2D eigenvalue weighted by Gasteiger charge is -2.16. The van der Waals surface area contributed by atoms with Crippen LogP contribution in [0.1, 0.15) is 23.6 Å². The second-order valence-electron chi connectivity index (χ2n) is 5.17. The molecular weight excluding hydrogens is 274 g/mol. The smallest absolute Gasteiger partial charge is 0.247 e. The largest absolute Gasteiger partial charge is 0.345 e. The van der Waals surface area contributed by atoms with Crippen LogP contribution in [0, 0.1) is 0 Å². The Bertz CT molecular complexity index is 608. The molecule has 2 aliphatic rings. The van der Waals surface area contributed by atoms with Gasteiger partial charge in [0, 0.05) is 36.8 Å². The molecule has 4 nitrogen and oxygen atoms in total. The second-order valence-corrected chi connectivity index (χ2v) is 5.60. The molecule has 0 aliphatic carbocycles. The van der Waals surface area contributed by atoms with E-state index in [1.807, 2.05) is 30.3 Å². The summed E-state index contributed by atoms with van der Waals surface area (Å²) >= 11 is 6.12. The van der Waals surface area contributed by atoms with Crippen molar-refractivity contribution < 1.29 is 4.79 Å². The van der Waals surface area contributed by atoms with Crippen molar-refractivity contribution in [1.29, 1.82) is 0 Å². The molecule has 1 saturated heterocycles. The lowest BCUT2D eigenvalue weighted by molar-refractivity contribution is -0.116. The third-order valence-corrected chi connectivity index (χ3v) is 3.92. The molecule has 0 aromatic heterocycles. The molecule has 1 fully saturated rings. The van der Waals surface area contributed by atoms with Gasteiger partial charge in [0.1, 0.15) is 0 Å². The fraction of sp³-hybridized carbons (Fsp3) is 0.267. The van der Waals surface area contributed by atoms with Crippen LogP contribution in [0.2, 0.25) is 5.02 Å². The maximum Gasteiger partial charge on any atom is 0.247 e. The van der Waals surface area contributed by atoms with Crippen LogP contribution >= 0.6 is 11.6 Å². The first-order valence-corrected chi connectivity index (χ1v) is 6.88. The summed E-state index contributed by atoms with van der Waals surface area (Å²) in [6, 6.07) is 5.78. The Labute approximate surface area is 123 Å². The molecule has 104 valence electrons. The van der Waals surface area contributed by atoms with Gasteiger partial charge in [-0.1, -0.05) is 24.2 Å². The van der Waals surface area contributed by atoms with Gasteiger partial charge in [0.25, 0.3) is 0 Å². The lowest BCUT2D eigenvalue weighted by atomic mass is 9.94. The minimum absolute atomic E-state index is 0.0458. The van der Waals surface area contributed by atoms with Gasteiger partial charge in [-0.3, -0.25) is 4.79 Å². The first-order chi connectivity index (χ1) is 9.54. The number of benzene rings is 1. The molecule has 1 atom stereocenters. The third kappa shape index (κ3) is 2.32. The molecule has 0 saturated carbocycles. The van der Waals surface area contributed by atoms with Gasteiger partial charge in [0.05, 0.1) is 6.04 Å². The van der Waals surface area contributed by atoms with E-state index < -0.39 is 0 Å². The Morgan fingerprint density at radius 3 is 2.85 bits per heavy atom. The molecule has 2 aliphatic heterocycles. The molecule has 3 rings (SSSR count). The lowest BCUT2D eigenvalue weighted by Crippen LogP contribution is -2.24. The van der Waals surface area contributed by atoms with E-state index in [1.165, 1.54) is 5.57 Å². The zero-order valence-corrected chi connectivity index (χ0v) is 12.0. The van der Waals surface area contributed by atoms with E-state index in [9.17, 15) is 4.79 Å². The number of hydrogen-bond donors (Lipinski definition) is 2. The number of amides is 1. The predicted molar refractivity (Wildman–Crippen MR) is 79.8 cm³/mol. The second kappa shape index (κ2) is 4.96. The van der Waals surface area contributed by atoms with Crippen molar-refractivity contribution in [3.05, 3.63) is 52.7 Å². The summed E-state index contributed by atoms with van der Waals surface area (Å²) in [5, 5.41) is 5.57. The maximum atomic E-state index is 11.6. The SMILES string of the molecule is C=C1CC(c2cc(Cl)ccc2C2=CN(C)NC2)NC1=O. The number of carbonyl (C=O) groups is 1. The van der Waals surface area contributed by atoms with E-state index in [2.05, 4.69) is 23.5 Å². The molecule has 0 bridgehead atoms. The van der Waals surface area contributed by atoms with Crippen LogP contribution in [-0.4, -0.2) is 24.5 Å². The van der Waals surface area contributed by atoms with Gasteiger partial charge in [0.2, 0.25) is 5.91 Å². The first-order valence-electron chi connectivity index (χ1n) is 6.50. The summed E-state index contributed by atoms with van der Waals surface area (Å²) in [5.41, 5.74) is 7.19. The van der Waals surface area contributed by atoms with Gasteiger partial charge < -0.3 is 10.3 Å². The Morgan fingerprint density at radius 1 is 1.45 bits per heavy atom. The Morgan fingerprint density at radius 2 is 2.25 bits per heavy atom. The average Bonchev–Trinajstić information content (AvgIpc) is 2.97. The van der Waals surface area contributed by atoms with E-state index in [0.717, 1.165) is 17.7 Å². The van der Waals surface area contributed by atoms with Crippen molar-refractivity contribution >= 4 is 23.1 Å². The average molecular weight is 290 g/mol. The van der Waals surface area contributed by atoms with Crippen molar-refractivity contribution in [2.75, 3.05) is 13.6 Å². The molecule has 1 aromatic rings. The quantitative estimate of drug-likeness (QED) is 0.821. The molecule has 0 radical (unpaired) electrons. The molecule has 0 spiro atoms. The highest BCUT2D eigenvalue weighted by atomic mass is 35.5. The van der Waals surface area contributed by atoms with Gasteiger partial charge in [-0.05, 0) is 28.8 Å². The molecule has 20 heavy (non-hydrogen) atoms. The topological polar surface area (TPSA) is 44.4 Å². The highest BCUT2D eigenvalue weighted by Crippen LogP contribution is 2.34. The zero-order valence-electron chi connectivity index (χ0n) is 11.2. The maximum absolute atomic E-state index is 11.6. The zero-order chi connectivity index (χ0) is 14.3. The minimum Gasteiger partial charge on any atom is -0.345 e. The number of hydrogen-bond acceptors (Lipinski definition) is 3. The summed E-state index contributed by atoms with van der Waals surface area (Å²) in [5.74, 6) is -0.0726. The van der Waals surface area contributed by atoms with Crippen molar-refractivity contribution in [2.45, 2.75) is 12.5 Å². The Kier molecular flexibility index (Phi) is 3.28. The molecular formula is C15H16ClN3O. The number of carbonyl (C=O) groups excluding carboxylic acids is 1. The molecule has 2 heterocycles. The minimum atomic E-state index is -0.0726. The molecule has 5 heteroatoms. The highest BCUT2D eigenvalue weighted by molar-refractivity contribution is 6.30. The van der Waals surface area contributed by atoms with Gasteiger partial charge >= 0.3 is 0 Å². The molecule has 1 aromatic carbocycles. The predicted octanol–water partition coefficient (Wildman–Crippen LogP) is 2.25. The molecule has 1 amide bonds. The van der Waals surface area contributed by atoms with Crippen molar-refractivity contribution in [2.24, 2.45) is 0 Å². The monoisotopic (exact) mass is 289 g/mol. The van der Waals surface area contributed by atoms with Gasteiger partial charge in [-0.2, -0.15) is 0 Å². The van der Waals surface area contributed by atoms with Gasteiger partial charge in [0.15, 0.2) is 0 Å². The van der Waals surface area contributed by atoms with Crippen LogP contribution < -0.4 is 10.7 Å². The number of nitrogens with zero attached hydrogens (tertiary/aromatic N) is 1. The van der Waals surface area contributed by atoms with Crippen LogP contribution in [0.3, 0.4) is 0 Å². The van der Waals surface area contributed by atoms with Crippen molar-refractivity contribution in [3.8, 4) is 0 Å². The first kappa shape index (κ1) is 13.2. The number of nitrogens with one attached hydrogen (secondary N) is 2. The van der Waals surface area contributed by atoms with E-state index in [4.69, 9.17) is 11.6 Å². The fourth-order valence-corrected chi connectivity index (χ4v) is 2.83. The normalized spacial score (nSPS) is 22.2.